The number of nitrogens with zero attached hydrogens (tertiary/aromatic N) is 3. The molecule has 0 atom stereocenters. The average molecular weight is 251 g/mol. The van der Waals surface area contributed by atoms with Gasteiger partial charge in [0.2, 0.25) is 4.80 Å². The molecule has 0 unspecified atom stereocenters. The molecule has 7 heteroatoms. The van der Waals surface area contributed by atoms with Crippen LogP contribution in [0.25, 0.3) is 0 Å². The van der Waals surface area contributed by atoms with Crippen LogP contribution in [0.3, 0.4) is 0 Å². The lowest BCUT2D eigenvalue weighted by molar-refractivity contribution is 0.625. The Morgan fingerprint density at radius 3 is 2.46 bits per heavy atom. The number of aromatic nitrogens is 1. The minimum absolute atomic E-state index is 0.569. The summed E-state index contributed by atoms with van der Waals surface area (Å²) in [5.41, 5.74) is 0. The Hall–Kier alpha value is -0.110. The van der Waals surface area contributed by atoms with Gasteiger partial charge < -0.3 is 9.47 Å². The van der Waals surface area contributed by atoms with Gasteiger partial charge in [0.1, 0.15) is 0 Å². The van der Waals surface area contributed by atoms with Gasteiger partial charge >= 0.3 is 0 Å². The van der Waals surface area contributed by atoms with Gasteiger partial charge in [-0.2, -0.15) is 4.99 Å². The number of thiocarbonyl (C=S) groups is 1. The second-order valence-corrected chi connectivity index (χ2v) is 5.66. The molecule has 72 valence electrons. The molecule has 0 aliphatic carbocycles. The highest BCUT2D eigenvalue weighted by molar-refractivity contribution is 7.80. The SMILES string of the molecule is CN(C)C(=S)N=c1ssc(=S)n1C. The Kier molecular flexibility index (Phi) is 3.72. The second kappa shape index (κ2) is 4.41. The van der Waals surface area contributed by atoms with E-state index in [4.69, 9.17) is 24.4 Å². The molecule has 1 heterocycles. The van der Waals surface area contributed by atoms with Gasteiger partial charge in [-0.3, -0.25) is 0 Å². The summed E-state index contributed by atoms with van der Waals surface area (Å²) in [6.45, 7) is 0. The quantitative estimate of drug-likeness (QED) is 0.516. The Labute approximate surface area is 94.4 Å². The average Bonchev–Trinajstić information content (AvgIpc) is 2.36. The third-order valence-electron chi connectivity index (χ3n) is 1.32. The summed E-state index contributed by atoms with van der Waals surface area (Å²) in [6, 6.07) is 0. The first kappa shape index (κ1) is 11.0. The molecule has 13 heavy (non-hydrogen) atoms. The van der Waals surface area contributed by atoms with Crippen molar-refractivity contribution in [1.82, 2.24) is 9.47 Å². The summed E-state index contributed by atoms with van der Waals surface area (Å²) in [6.07, 6.45) is 0. The first-order chi connectivity index (χ1) is 6.02. The predicted octanol–water partition coefficient (Wildman–Crippen LogP) is 1.62. The molecular formula is C6H9N3S4. The molecule has 0 N–H and O–H groups in total. The van der Waals surface area contributed by atoms with E-state index in [0.29, 0.717) is 5.11 Å². The van der Waals surface area contributed by atoms with Crippen molar-refractivity contribution < 1.29 is 0 Å². The zero-order chi connectivity index (χ0) is 10.0. The molecule has 0 saturated heterocycles. The molecule has 0 amide bonds. The smallest absolute Gasteiger partial charge is 0.203 e. The van der Waals surface area contributed by atoms with E-state index >= 15 is 0 Å². The fourth-order valence-corrected chi connectivity index (χ4v) is 3.08. The topological polar surface area (TPSA) is 20.5 Å². The molecule has 1 aromatic heterocycles. The lowest BCUT2D eigenvalue weighted by Crippen LogP contribution is -2.22. The van der Waals surface area contributed by atoms with Crippen LogP contribution in [0.1, 0.15) is 0 Å². The summed E-state index contributed by atoms with van der Waals surface area (Å²) in [5, 5.41) is 0.569. The van der Waals surface area contributed by atoms with Gasteiger partial charge in [0.25, 0.3) is 0 Å². The van der Waals surface area contributed by atoms with Gasteiger partial charge in [-0.15, -0.1) is 0 Å². The van der Waals surface area contributed by atoms with E-state index in [1.165, 1.54) is 10.3 Å². The summed E-state index contributed by atoms with van der Waals surface area (Å²) in [4.78, 5) is 6.91. The van der Waals surface area contributed by atoms with Crippen LogP contribution in [0.2, 0.25) is 0 Å². The highest BCUT2D eigenvalue weighted by atomic mass is 32.9. The molecule has 0 spiro atoms. The summed E-state index contributed by atoms with van der Waals surface area (Å²) < 4.78 is 2.69. The molecule has 0 aliphatic heterocycles. The molecule has 1 rings (SSSR count). The van der Waals surface area contributed by atoms with Crippen molar-refractivity contribution >= 4 is 50.2 Å². The van der Waals surface area contributed by atoms with Crippen LogP contribution in [-0.2, 0) is 7.05 Å². The van der Waals surface area contributed by atoms with Gasteiger partial charge in [-0.05, 0) is 45.1 Å². The molecule has 0 aromatic carbocycles. The lowest BCUT2D eigenvalue weighted by atomic mass is 10.9. The van der Waals surface area contributed by atoms with Crippen LogP contribution in [0.5, 0.6) is 0 Å². The third kappa shape index (κ3) is 2.67. The van der Waals surface area contributed by atoms with Crippen LogP contribution in [-0.4, -0.2) is 28.7 Å². The van der Waals surface area contributed by atoms with E-state index < -0.39 is 0 Å². The Bertz CT molecular complexity index is 422. The van der Waals surface area contributed by atoms with E-state index in [0.717, 1.165) is 8.76 Å². The Morgan fingerprint density at radius 1 is 1.46 bits per heavy atom. The van der Waals surface area contributed by atoms with Crippen molar-refractivity contribution in [3.63, 3.8) is 0 Å². The largest absolute Gasteiger partial charge is 0.353 e. The predicted molar refractivity (Wildman–Crippen MR) is 63.8 cm³/mol. The van der Waals surface area contributed by atoms with Crippen molar-refractivity contribution in [2.75, 3.05) is 14.1 Å². The fraction of sp³-hybridized carbons (Fsp3) is 0.500. The number of rotatable bonds is 0. The highest BCUT2D eigenvalue weighted by Crippen LogP contribution is 2.02. The van der Waals surface area contributed by atoms with Crippen LogP contribution in [0.4, 0.5) is 0 Å². The number of hydrogen-bond acceptors (Lipinski definition) is 4. The van der Waals surface area contributed by atoms with Crippen LogP contribution in [0, 0.1) is 3.95 Å². The van der Waals surface area contributed by atoms with Crippen molar-refractivity contribution in [3.05, 3.63) is 8.76 Å². The first-order valence-electron chi connectivity index (χ1n) is 3.44. The molecule has 0 aliphatic rings. The zero-order valence-electron chi connectivity index (χ0n) is 7.47. The first-order valence-corrected chi connectivity index (χ1v) is 6.41. The molecule has 0 fully saturated rings. The van der Waals surface area contributed by atoms with E-state index in [1.54, 1.807) is 15.2 Å². The molecule has 1 aromatic rings. The summed E-state index contributed by atoms with van der Waals surface area (Å²) in [5.74, 6) is 0. The van der Waals surface area contributed by atoms with Crippen molar-refractivity contribution in [2.24, 2.45) is 12.0 Å². The van der Waals surface area contributed by atoms with Crippen molar-refractivity contribution in [1.29, 1.82) is 0 Å². The van der Waals surface area contributed by atoms with Gasteiger partial charge in [0.05, 0.1) is 0 Å². The van der Waals surface area contributed by atoms with Crippen LogP contribution >= 0.6 is 45.1 Å². The van der Waals surface area contributed by atoms with Gasteiger partial charge in [0.15, 0.2) is 9.07 Å². The van der Waals surface area contributed by atoms with E-state index in [1.807, 2.05) is 25.7 Å². The van der Waals surface area contributed by atoms with Crippen LogP contribution in [0.15, 0.2) is 4.99 Å². The minimum atomic E-state index is 0.569. The minimum Gasteiger partial charge on any atom is -0.353 e. The second-order valence-electron chi connectivity index (χ2n) is 2.56. The summed E-state index contributed by atoms with van der Waals surface area (Å²) in [7, 11) is 8.71. The van der Waals surface area contributed by atoms with Gasteiger partial charge in [-0.25, -0.2) is 0 Å². The van der Waals surface area contributed by atoms with E-state index in [9.17, 15) is 0 Å². The Balaban J connectivity index is 3.15. The number of hydrogen-bond donors (Lipinski definition) is 0. The normalized spacial score (nSPS) is 11.8. The third-order valence-corrected chi connectivity index (χ3v) is 4.80. The fourth-order valence-electron chi connectivity index (χ4n) is 0.538. The molecular weight excluding hydrogens is 242 g/mol. The summed E-state index contributed by atoms with van der Waals surface area (Å²) >= 11 is 10.1. The lowest BCUT2D eigenvalue weighted by Gasteiger charge is -2.06. The van der Waals surface area contributed by atoms with Crippen molar-refractivity contribution in [3.8, 4) is 0 Å². The Morgan fingerprint density at radius 2 is 2.08 bits per heavy atom. The maximum absolute atomic E-state index is 5.07. The maximum Gasteiger partial charge on any atom is 0.203 e. The van der Waals surface area contributed by atoms with Crippen LogP contribution < -0.4 is 4.80 Å². The molecule has 3 nitrogen and oxygen atoms in total. The van der Waals surface area contributed by atoms with E-state index in [2.05, 4.69) is 4.99 Å². The maximum atomic E-state index is 5.07. The van der Waals surface area contributed by atoms with E-state index in [-0.39, 0.29) is 0 Å². The standard InChI is InChI=1S/C6H9N3S4/c1-8(2)4(10)7-5-9(3)6(11)13-12-5/h1-3H3. The van der Waals surface area contributed by atoms with Crippen molar-refractivity contribution in [2.45, 2.75) is 0 Å². The zero-order valence-corrected chi connectivity index (χ0v) is 10.7. The molecule has 0 saturated carbocycles. The monoisotopic (exact) mass is 251 g/mol. The van der Waals surface area contributed by atoms with Gasteiger partial charge in [0, 0.05) is 21.1 Å². The van der Waals surface area contributed by atoms with Gasteiger partial charge in [-0.1, -0.05) is 0 Å². The molecule has 0 radical (unpaired) electrons. The highest BCUT2D eigenvalue weighted by Gasteiger charge is 1.97. The molecule has 0 bridgehead atoms.